The maximum atomic E-state index is 11.9. The minimum Gasteiger partial charge on any atom is -0.461 e. The van der Waals surface area contributed by atoms with Crippen LogP contribution in [0.3, 0.4) is 0 Å². The monoisotopic (exact) mass is 266 g/mol. The van der Waals surface area contributed by atoms with Crippen LogP contribution in [0.4, 0.5) is 0 Å². The second-order valence-electron chi connectivity index (χ2n) is 4.69. The molecule has 0 fully saturated rings. The summed E-state index contributed by atoms with van der Waals surface area (Å²) in [5.41, 5.74) is 2.18. The number of nitrogens with one attached hydrogen (secondary N) is 1. The van der Waals surface area contributed by atoms with Gasteiger partial charge in [-0.3, -0.25) is 0 Å². The highest BCUT2D eigenvalue weighted by atomic mass is 32.2. The Kier molecular flexibility index (Phi) is 3.24. The fraction of sp³-hybridized carbons (Fsp3) is 0.615. The minimum absolute atomic E-state index is 0.174. The van der Waals surface area contributed by atoms with Crippen molar-refractivity contribution in [1.82, 2.24) is 10.2 Å². The number of fused-ring (bicyclic) bond motifs is 2. The Morgan fingerprint density at radius 3 is 3.17 bits per heavy atom. The summed E-state index contributed by atoms with van der Waals surface area (Å²) in [6.45, 7) is 2.27. The first kappa shape index (κ1) is 12.0. The summed E-state index contributed by atoms with van der Waals surface area (Å²) in [4.78, 5) is 15.5. The van der Waals surface area contributed by atoms with Gasteiger partial charge in [0.2, 0.25) is 0 Å². The van der Waals surface area contributed by atoms with Crippen LogP contribution < -0.4 is 5.32 Å². The molecule has 0 radical (unpaired) electrons. The van der Waals surface area contributed by atoms with Crippen molar-refractivity contribution in [2.45, 2.75) is 44.5 Å². The first-order valence-electron chi connectivity index (χ1n) is 6.62. The Hall–Kier alpha value is -1.10. The standard InChI is InChI=1S/C13H18N2O2S/c1-2-17-12(16)10-8-14-13-15(10)9-6-4-3-5-7-11(9)18-13/h8,13-14H,2-7H2,1H3. The van der Waals surface area contributed by atoms with E-state index in [1.165, 1.54) is 29.9 Å². The summed E-state index contributed by atoms with van der Waals surface area (Å²) in [5, 5.41) is 3.27. The van der Waals surface area contributed by atoms with E-state index in [-0.39, 0.29) is 11.5 Å². The number of rotatable bonds is 2. The topological polar surface area (TPSA) is 41.6 Å². The number of carbonyl (C=O) groups excluding carboxylic acids is 1. The lowest BCUT2D eigenvalue weighted by Gasteiger charge is -2.23. The molecule has 0 saturated carbocycles. The van der Waals surface area contributed by atoms with Crippen LogP contribution in [-0.2, 0) is 9.53 Å². The Morgan fingerprint density at radius 2 is 2.33 bits per heavy atom. The third-order valence-corrected chi connectivity index (χ3v) is 4.82. The van der Waals surface area contributed by atoms with Gasteiger partial charge in [-0.15, -0.1) is 0 Å². The van der Waals surface area contributed by atoms with Gasteiger partial charge in [0, 0.05) is 16.8 Å². The number of hydrogen-bond acceptors (Lipinski definition) is 5. The normalized spacial score (nSPS) is 26.2. The van der Waals surface area contributed by atoms with E-state index in [2.05, 4.69) is 10.2 Å². The van der Waals surface area contributed by atoms with Crippen LogP contribution in [0.5, 0.6) is 0 Å². The SMILES string of the molecule is CCOC(=O)C1=CNC2SC3=C(CCCCC3)N12. The lowest BCUT2D eigenvalue weighted by Crippen LogP contribution is -2.32. The lowest BCUT2D eigenvalue weighted by molar-refractivity contribution is -0.140. The Labute approximate surface area is 111 Å². The molecule has 5 heteroatoms. The van der Waals surface area contributed by atoms with Crippen LogP contribution in [-0.4, -0.2) is 23.0 Å². The molecule has 3 aliphatic rings. The van der Waals surface area contributed by atoms with Crippen LogP contribution in [0.15, 0.2) is 22.5 Å². The molecular formula is C13H18N2O2S. The van der Waals surface area contributed by atoms with E-state index in [0.29, 0.717) is 12.3 Å². The van der Waals surface area contributed by atoms with Crippen molar-refractivity contribution < 1.29 is 9.53 Å². The number of esters is 1. The van der Waals surface area contributed by atoms with Crippen molar-refractivity contribution in [3.8, 4) is 0 Å². The van der Waals surface area contributed by atoms with Gasteiger partial charge < -0.3 is 15.0 Å². The number of allylic oxidation sites excluding steroid dienone is 2. The van der Waals surface area contributed by atoms with Gasteiger partial charge in [-0.25, -0.2) is 4.79 Å². The predicted molar refractivity (Wildman–Crippen MR) is 71.2 cm³/mol. The smallest absolute Gasteiger partial charge is 0.356 e. The van der Waals surface area contributed by atoms with Gasteiger partial charge in [0.05, 0.1) is 6.61 Å². The van der Waals surface area contributed by atoms with Crippen LogP contribution in [0.1, 0.15) is 39.0 Å². The van der Waals surface area contributed by atoms with E-state index in [0.717, 1.165) is 12.8 Å². The summed E-state index contributed by atoms with van der Waals surface area (Å²) < 4.78 is 5.12. The fourth-order valence-corrected chi connectivity index (χ4v) is 4.06. The van der Waals surface area contributed by atoms with E-state index in [1.807, 2.05) is 18.7 Å². The van der Waals surface area contributed by atoms with Gasteiger partial charge >= 0.3 is 5.97 Å². The number of hydrogen-bond donors (Lipinski definition) is 1. The third kappa shape index (κ3) is 1.90. The van der Waals surface area contributed by atoms with Crippen molar-refractivity contribution >= 4 is 17.7 Å². The van der Waals surface area contributed by atoms with Gasteiger partial charge in [0.1, 0.15) is 5.70 Å². The van der Waals surface area contributed by atoms with Gasteiger partial charge in [-0.1, -0.05) is 18.2 Å². The van der Waals surface area contributed by atoms with Gasteiger partial charge in [-0.2, -0.15) is 0 Å². The predicted octanol–water partition coefficient (Wildman–Crippen LogP) is 2.50. The van der Waals surface area contributed by atoms with Crippen LogP contribution in [0.2, 0.25) is 0 Å². The Morgan fingerprint density at radius 1 is 1.50 bits per heavy atom. The average molecular weight is 266 g/mol. The highest BCUT2D eigenvalue weighted by molar-refractivity contribution is 8.03. The third-order valence-electron chi connectivity index (χ3n) is 3.53. The number of ether oxygens (including phenoxy) is 1. The van der Waals surface area contributed by atoms with Crippen LogP contribution >= 0.6 is 11.8 Å². The molecule has 1 aliphatic carbocycles. The molecule has 98 valence electrons. The second kappa shape index (κ2) is 4.88. The Balaban J connectivity index is 1.84. The van der Waals surface area contributed by atoms with Crippen molar-refractivity contribution in [3.05, 3.63) is 22.5 Å². The zero-order valence-electron chi connectivity index (χ0n) is 10.6. The molecule has 1 N–H and O–H groups in total. The molecule has 2 aliphatic heterocycles. The molecule has 4 nitrogen and oxygen atoms in total. The van der Waals surface area contributed by atoms with E-state index >= 15 is 0 Å². The number of nitrogens with zero attached hydrogens (tertiary/aromatic N) is 1. The zero-order chi connectivity index (χ0) is 12.5. The highest BCUT2D eigenvalue weighted by Crippen LogP contribution is 2.47. The average Bonchev–Trinajstić information content (AvgIpc) is 2.82. The number of carbonyl (C=O) groups is 1. The van der Waals surface area contributed by atoms with E-state index in [1.54, 1.807) is 6.20 Å². The summed E-state index contributed by atoms with van der Waals surface area (Å²) in [7, 11) is 0. The lowest BCUT2D eigenvalue weighted by atomic mass is 10.2. The van der Waals surface area contributed by atoms with E-state index < -0.39 is 0 Å². The zero-order valence-corrected chi connectivity index (χ0v) is 11.4. The van der Waals surface area contributed by atoms with Gasteiger partial charge in [0.15, 0.2) is 5.50 Å². The molecule has 0 amide bonds. The molecule has 0 aromatic carbocycles. The van der Waals surface area contributed by atoms with E-state index in [9.17, 15) is 4.79 Å². The van der Waals surface area contributed by atoms with Crippen molar-refractivity contribution in [1.29, 1.82) is 0 Å². The van der Waals surface area contributed by atoms with Gasteiger partial charge in [0.25, 0.3) is 0 Å². The van der Waals surface area contributed by atoms with E-state index in [4.69, 9.17) is 4.74 Å². The van der Waals surface area contributed by atoms with Crippen molar-refractivity contribution in [3.63, 3.8) is 0 Å². The maximum Gasteiger partial charge on any atom is 0.356 e. The maximum absolute atomic E-state index is 11.9. The molecule has 0 bridgehead atoms. The Bertz CT molecular complexity index is 431. The quantitative estimate of drug-likeness (QED) is 0.778. The molecule has 0 aromatic rings. The first-order chi connectivity index (χ1) is 8.81. The van der Waals surface area contributed by atoms with Crippen molar-refractivity contribution in [2.75, 3.05) is 6.61 Å². The highest BCUT2D eigenvalue weighted by Gasteiger charge is 2.40. The number of thioether (sulfide) groups is 1. The molecule has 18 heavy (non-hydrogen) atoms. The molecule has 0 aromatic heterocycles. The molecular weight excluding hydrogens is 248 g/mol. The summed E-state index contributed by atoms with van der Waals surface area (Å²) in [6, 6.07) is 0. The second-order valence-corrected chi connectivity index (χ2v) is 5.86. The molecule has 1 unspecified atom stereocenters. The van der Waals surface area contributed by atoms with Crippen LogP contribution in [0.25, 0.3) is 0 Å². The fourth-order valence-electron chi connectivity index (χ4n) is 2.71. The summed E-state index contributed by atoms with van der Waals surface area (Å²) in [6.07, 6.45) is 7.81. The minimum atomic E-state index is -0.217. The van der Waals surface area contributed by atoms with Crippen molar-refractivity contribution in [2.24, 2.45) is 0 Å². The molecule has 1 atom stereocenters. The molecule has 0 spiro atoms. The first-order valence-corrected chi connectivity index (χ1v) is 7.50. The van der Waals surface area contributed by atoms with Crippen LogP contribution in [0, 0.1) is 0 Å². The largest absolute Gasteiger partial charge is 0.461 e. The molecule has 2 heterocycles. The molecule has 3 rings (SSSR count). The summed E-state index contributed by atoms with van der Waals surface area (Å²) in [5.74, 6) is -0.217. The summed E-state index contributed by atoms with van der Waals surface area (Å²) >= 11 is 1.85. The molecule has 0 saturated heterocycles. The van der Waals surface area contributed by atoms with Gasteiger partial charge in [-0.05, 0) is 32.6 Å².